The van der Waals surface area contributed by atoms with Crippen molar-refractivity contribution in [2.24, 2.45) is 5.73 Å². The van der Waals surface area contributed by atoms with E-state index in [9.17, 15) is 21.2 Å². The normalized spacial score (nSPS) is 25.1. The average molecular weight is 336 g/mol. The summed E-state index contributed by atoms with van der Waals surface area (Å²) in [4.78, 5) is -0.254. The lowest BCUT2D eigenvalue weighted by molar-refractivity contribution is 0.461. The second-order valence-corrected chi connectivity index (χ2v) is 9.30. The molecule has 1 aliphatic heterocycles. The van der Waals surface area contributed by atoms with Crippen molar-refractivity contribution in [1.82, 2.24) is 4.72 Å². The minimum atomic E-state index is -4.05. The van der Waals surface area contributed by atoms with Crippen LogP contribution in [-0.4, -0.2) is 33.9 Å². The highest BCUT2D eigenvalue weighted by atomic mass is 32.2. The molecule has 6 nitrogen and oxygen atoms in total. The number of hydrogen-bond donors (Lipinski definition) is 2. The van der Waals surface area contributed by atoms with E-state index in [1.165, 1.54) is 13.0 Å². The molecule has 1 heterocycles. The van der Waals surface area contributed by atoms with Crippen molar-refractivity contribution in [3.8, 4) is 0 Å². The summed E-state index contributed by atoms with van der Waals surface area (Å²) in [5.41, 5.74) is 4.66. The first-order chi connectivity index (χ1) is 9.57. The molecule has 0 saturated carbocycles. The minimum Gasteiger partial charge on any atom is -0.326 e. The maximum Gasteiger partial charge on any atom is 0.241 e. The lowest BCUT2D eigenvalue weighted by atomic mass is 10.0. The van der Waals surface area contributed by atoms with Crippen molar-refractivity contribution in [2.75, 3.05) is 11.5 Å². The van der Waals surface area contributed by atoms with Crippen molar-refractivity contribution in [2.45, 2.75) is 30.3 Å². The van der Waals surface area contributed by atoms with E-state index < -0.39 is 31.2 Å². The Balaban J connectivity index is 2.38. The summed E-state index contributed by atoms with van der Waals surface area (Å²) < 4.78 is 63.6. The number of nitrogens with one attached hydrogen (secondary N) is 1. The monoisotopic (exact) mass is 336 g/mol. The summed E-state index contributed by atoms with van der Waals surface area (Å²) in [5, 5.41) is 0. The highest BCUT2D eigenvalue weighted by molar-refractivity contribution is 7.92. The van der Waals surface area contributed by atoms with Gasteiger partial charge in [0.05, 0.1) is 16.4 Å². The Hall–Kier alpha value is -1.03. The molecule has 0 aliphatic carbocycles. The van der Waals surface area contributed by atoms with E-state index in [0.29, 0.717) is 0 Å². The first kappa shape index (κ1) is 16.3. The molecule has 21 heavy (non-hydrogen) atoms. The first-order valence-corrected chi connectivity index (χ1v) is 9.60. The maximum atomic E-state index is 13.3. The van der Waals surface area contributed by atoms with Crippen LogP contribution in [0.25, 0.3) is 0 Å². The Morgan fingerprint density at radius 3 is 2.62 bits per heavy atom. The number of benzene rings is 1. The van der Waals surface area contributed by atoms with Gasteiger partial charge in [0.25, 0.3) is 0 Å². The van der Waals surface area contributed by atoms with E-state index in [2.05, 4.69) is 4.72 Å². The molecule has 0 radical (unpaired) electrons. The molecule has 0 bridgehead atoms. The van der Waals surface area contributed by atoms with Crippen LogP contribution in [0.2, 0.25) is 0 Å². The summed E-state index contributed by atoms with van der Waals surface area (Å²) in [5.74, 6) is -1.04. The number of sulfone groups is 1. The van der Waals surface area contributed by atoms with Gasteiger partial charge in [0, 0.05) is 12.1 Å². The Morgan fingerprint density at radius 1 is 1.43 bits per heavy atom. The molecular formula is C12H17FN2O4S2. The van der Waals surface area contributed by atoms with Crippen LogP contribution in [0.5, 0.6) is 0 Å². The third-order valence-electron chi connectivity index (χ3n) is 3.42. The second-order valence-electron chi connectivity index (χ2n) is 5.46. The Labute approximate surface area is 123 Å². The van der Waals surface area contributed by atoms with Crippen molar-refractivity contribution < 1.29 is 21.2 Å². The Morgan fingerprint density at radius 2 is 2.10 bits per heavy atom. The summed E-state index contributed by atoms with van der Waals surface area (Å²) in [6, 6.07) is 3.32. The fourth-order valence-corrected chi connectivity index (χ4v) is 6.30. The molecule has 2 rings (SSSR count). The molecule has 9 heteroatoms. The van der Waals surface area contributed by atoms with Gasteiger partial charge in [-0.15, -0.1) is 0 Å². The molecule has 3 N–H and O–H groups in total. The predicted molar refractivity (Wildman–Crippen MR) is 76.3 cm³/mol. The van der Waals surface area contributed by atoms with Gasteiger partial charge >= 0.3 is 0 Å². The van der Waals surface area contributed by atoms with Crippen molar-refractivity contribution in [3.63, 3.8) is 0 Å². The molecule has 1 unspecified atom stereocenters. The van der Waals surface area contributed by atoms with Gasteiger partial charge in [0.2, 0.25) is 10.0 Å². The SMILES string of the molecule is CC1(NS(=O)(=O)c2cc(F)ccc2CN)CCS(=O)(=O)C1. The van der Waals surface area contributed by atoms with Crippen LogP contribution in [0.15, 0.2) is 23.1 Å². The molecule has 0 amide bonds. The highest BCUT2D eigenvalue weighted by Gasteiger charge is 2.41. The number of hydrogen-bond acceptors (Lipinski definition) is 5. The van der Waals surface area contributed by atoms with E-state index >= 15 is 0 Å². The second kappa shape index (κ2) is 5.31. The fraction of sp³-hybridized carbons (Fsp3) is 0.500. The zero-order valence-corrected chi connectivity index (χ0v) is 13.1. The standard InChI is InChI=1S/C12H17FN2O4S2/c1-12(4-5-20(16,17)8-12)15-21(18,19)11-6-10(13)3-2-9(11)7-14/h2-3,6,15H,4-5,7-8,14H2,1H3. The van der Waals surface area contributed by atoms with Gasteiger partial charge in [-0.1, -0.05) is 6.07 Å². The lowest BCUT2D eigenvalue weighted by Crippen LogP contribution is -2.47. The van der Waals surface area contributed by atoms with E-state index in [0.717, 1.165) is 12.1 Å². The third-order valence-corrected chi connectivity index (χ3v) is 7.05. The molecule has 0 aromatic heterocycles. The van der Waals surface area contributed by atoms with Gasteiger partial charge in [-0.2, -0.15) is 0 Å². The third kappa shape index (κ3) is 3.60. The van der Waals surface area contributed by atoms with Crippen molar-refractivity contribution >= 4 is 19.9 Å². The molecule has 1 aromatic carbocycles. The van der Waals surface area contributed by atoms with Crippen molar-refractivity contribution in [3.05, 3.63) is 29.6 Å². The molecule has 1 aliphatic rings. The topological polar surface area (TPSA) is 106 Å². The Kier molecular flexibility index (Phi) is 4.13. The van der Waals surface area contributed by atoms with Crippen molar-refractivity contribution in [1.29, 1.82) is 0 Å². The quantitative estimate of drug-likeness (QED) is 0.813. The van der Waals surface area contributed by atoms with Crippen LogP contribution in [0.4, 0.5) is 4.39 Å². The van der Waals surface area contributed by atoms with Crippen LogP contribution < -0.4 is 10.5 Å². The van der Waals surface area contributed by atoms with Crippen LogP contribution in [0.3, 0.4) is 0 Å². The molecule has 1 saturated heterocycles. The minimum absolute atomic E-state index is 0.0640. The molecule has 1 fully saturated rings. The highest BCUT2D eigenvalue weighted by Crippen LogP contribution is 2.26. The van der Waals surface area contributed by atoms with Gasteiger partial charge in [-0.3, -0.25) is 0 Å². The van der Waals surface area contributed by atoms with Gasteiger partial charge in [-0.25, -0.2) is 25.9 Å². The van der Waals surface area contributed by atoms with Gasteiger partial charge in [-0.05, 0) is 31.0 Å². The first-order valence-electron chi connectivity index (χ1n) is 6.30. The van der Waals surface area contributed by atoms with Gasteiger partial charge < -0.3 is 5.73 Å². The van der Waals surface area contributed by atoms with Crippen LogP contribution in [0, 0.1) is 5.82 Å². The average Bonchev–Trinajstić information content (AvgIpc) is 2.62. The summed E-state index contributed by atoms with van der Waals surface area (Å²) in [6.07, 6.45) is 0.182. The molecule has 1 atom stereocenters. The zero-order valence-electron chi connectivity index (χ0n) is 11.5. The summed E-state index contributed by atoms with van der Waals surface area (Å²) in [6.45, 7) is 1.46. The number of rotatable bonds is 4. The van der Waals surface area contributed by atoms with E-state index in [1.807, 2.05) is 0 Å². The number of sulfonamides is 1. The molecule has 118 valence electrons. The summed E-state index contributed by atoms with van der Waals surface area (Å²) >= 11 is 0. The largest absolute Gasteiger partial charge is 0.326 e. The summed E-state index contributed by atoms with van der Waals surface area (Å²) in [7, 11) is -7.31. The Bertz CT molecular complexity index is 761. The number of nitrogens with two attached hydrogens (primary N) is 1. The number of halogens is 1. The van der Waals surface area contributed by atoms with E-state index in [1.54, 1.807) is 0 Å². The van der Waals surface area contributed by atoms with Gasteiger partial charge in [0.1, 0.15) is 5.82 Å². The van der Waals surface area contributed by atoms with E-state index in [-0.39, 0.29) is 34.9 Å². The molecular weight excluding hydrogens is 319 g/mol. The lowest BCUT2D eigenvalue weighted by Gasteiger charge is -2.24. The molecule has 1 aromatic rings. The van der Waals surface area contributed by atoms with Crippen LogP contribution >= 0.6 is 0 Å². The smallest absolute Gasteiger partial charge is 0.241 e. The van der Waals surface area contributed by atoms with Crippen LogP contribution in [-0.2, 0) is 26.4 Å². The predicted octanol–water partition coefficient (Wildman–Crippen LogP) is 0.140. The zero-order chi connectivity index (χ0) is 15.9. The van der Waals surface area contributed by atoms with E-state index in [4.69, 9.17) is 5.73 Å². The van der Waals surface area contributed by atoms with Crippen LogP contribution in [0.1, 0.15) is 18.9 Å². The maximum absolute atomic E-state index is 13.3. The fourth-order valence-electron chi connectivity index (χ4n) is 2.42. The molecule has 0 spiro atoms. The van der Waals surface area contributed by atoms with Gasteiger partial charge in [0.15, 0.2) is 9.84 Å².